The highest BCUT2D eigenvalue weighted by atomic mass is 35.5. The van der Waals surface area contributed by atoms with Crippen LogP contribution in [0.25, 0.3) is 0 Å². The summed E-state index contributed by atoms with van der Waals surface area (Å²) in [5, 5.41) is 9.42. The van der Waals surface area contributed by atoms with Gasteiger partial charge >= 0.3 is 0 Å². The lowest BCUT2D eigenvalue weighted by atomic mass is 10.3. The summed E-state index contributed by atoms with van der Waals surface area (Å²) < 4.78 is 30.7. The fraction of sp³-hybridized carbons (Fsp3) is 0.455. The van der Waals surface area contributed by atoms with Crippen LogP contribution in [0.15, 0.2) is 23.1 Å². The fourth-order valence-corrected chi connectivity index (χ4v) is 3.01. The van der Waals surface area contributed by atoms with Gasteiger partial charge in [0.1, 0.15) is 10.6 Å². The maximum absolute atomic E-state index is 12.3. The summed E-state index contributed by atoms with van der Waals surface area (Å²) in [4.78, 5) is 0.0252. The van der Waals surface area contributed by atoms with Crippen LogP contribution in [0.2, 0.25) is 5.02 Å². The predicted octanol–water partition coefficient (Wildman–Crippen LogP) is 1.35. The third-order valence-electron chi connectivity index (χ3n) is 2.67. The highest BCUT2D eigenvalue weighted by Gasteiger charge is 2.28. The number of hydrogen-bond acceptors (Lipinski definition) is 4. The Kier molecular flexibility index (Phi) is 4.98. The molecule has 7 heteroatoms. The molecule has 0 spiro atoms. The van der Waals surface area contributed by atoms with Gasteiger partial charge in [0.25, 0.3) is 0 Å². The lowest BCUT2D eigenvalue weighted by Gasteiger charge is -2.23. The number of benzene rings is 1. The highest BCUT2D eigenvalue weighted by Crippen LogP contribution is 2.29. The van der Waals surface area contributed by atoms with Crippen LogP contribution in [-0.4, -0.2) is 44.6 Å². The van der Waals surface area contributed by atoms with E-state index in [9.17, 15) is 8.42 Å². The van der Waals surface area contributed by atoms with E-state index < -0.39 is 16.1 Å². The topological polar surface area (TPSA) is 66.8 Å². The zero-order chi connectivity index (χ0) is 13.9. The number of rotatable bonds is 5. The van der Waals surface area contributed by atoms with E-state index in [1.54, 1.807) is 6.92 Å². The van der Waals surface area contributed by atoms with Gasteiger partial charge in [-0.2, -0.15) is 4.31 Å². The van der Waals surface area contributed by atoms with Gasteiger partial charge in [0.2, 0.25) is 10.0 Å². The number of aliphatic hydroxyl groups excluding tert-OH is 1. The zero-order valence-electron chi connectivity index (χ0n) is 10.4. The van der Waals surface area contributed by atoms with Gasteiger partial charge in [0.05, 0.1) is 13.7 Å². The van der Waals surface area contributed by atoms with E-state index in [0.29, 0.717) is 5.02 Å². The fourth-order valence-electron chi connectivity index (χ4n) is 1.36. The third kappa shape index (κ3) is 2.95. The second-order valence-corrected chi connectivity index (χ2v) is 6.25. The van der Waals surface area contributed by atoms with Gasteiger partial charge in [0, 0.05) is 24.2 Å². The van der Waals surface area contributed by atoms with Crippen molar-refractivity contribution in [3.05, 3.63) is 23.2 Å². The summed E-state index contributed by atoms with van der Waals surface area (Å²) in [7, 11) is -0.938. The van der Waals surface area contributed by atoms with Crippen molar-refractivity contribution in [2.24, 2.45) is 0 Å². The number of likely N-dealkylation sites (N-methyl/N-ethyl adjacent to an activating group) is 1. The third-order valence-corrected chi connectivity index (χ3v) is 4.91. The van der Waals surface area contributed by atoms with Gasteiger partial charge in [-0.1, -0.05) is 11.6 Å². The Balaban J connectivity index is 3.28. The van der Waals surface area contributed by atoms with Gasteiger partial charge in [-0.3, -0.25) is 0 Å². The molecule has 0 radical (unpaired) electrons. The lowest BCUT2D eigenvalue weighted by molar-refractivity contribution is 0.213. The molecule has 1 aromatic carbocycles. The van der Waals surface area contributed by atoms with Crippen molar-refractivity contribution in [1.82, 2.24) is 4.31 Å². The molecule has 102 valence electrons. The molecule has 0 saturated carbocycles. The molecule has 0 saturated heterocycles. The SMILES string of the molecule is COc1cc(Cl)ccc1S(=O)(=O)N(C)C(C)CO. The first kappa shape index (κ1) is 15.2. The van der Waals surface area contributed by atoms with Gasteiger partial charge in [-0.25, -0.2) is 8.42 Å². The average Bonchev–Trinajstić information content (AvgIpc) is 2.36. The second kappa shape index (κ2) is 5.88. The van der Waals surface area contributed by atoms with E-state index >= 15 is 0 Å². The number of methoxy groups -OCH3 is 1. The van der Waals surface area contributed by atoms with Crippen molar-refractivity contribution in [2.45, 2.75) is 17.9 Å². The lowest BCUT2D eigenvalue weighted by Crippen LogP contribution is -2.37. The number of aliphatic hydroxyl groups is 1. The maximum Gasteiger partial charge on any atom is 0.246 e. The van der Waals surface area contributed by atoms with Crippen molar-refractivity contribution >= 4 is 21.6 Å². The Morgan fingerprint density at radius 2 is 2.11 bits per heavy atom. The van der Waals surface area contributed by atoms with Gasteiger partial charge in [0.15, 0.2) is 0 Å². The molecule has 0 amide bonds. The molecular weight excluding hydrogens is 278 g/mol. The largest absolute Gasteiger partial charge is 0.495 e. The molecule has 1 unspecified atom stereocenters. The summed E-state index contributed by atoms with van der Waals surface area (Å²) in [6.07, 6.45) is 0. The summed E-state index contributed by atoms with van der Waals surface area (Å²) in [5.74, 6) is 0.180. The second-order valence-electron chi connectivity index (χ2n) is 3.85. The molecule has 0 bridgehead atoms. The molecule has 0 aromatic heterocycles. The summed E-state index contributed by atoms with van der Waals surface area (Å²) in [6, 6.07) is 3.78. The number of halogens is 1. The molecule has 18 heavy (non-hydrogen) atoms. The number of ether oxygens (including phenoxy) is 1. The van der Waals surface area contributed by atoms with Crippen molar-refractivity contribution in [1.29, 1.82) is 0 Å². The van der Waals surface area contributed by atoms with E-state index in [1.807, 2.05) is 0 Å². The van der Waals surface area contributed by atoms with Gasteiger partial charge < -0.3 is 9.84 Å². The summed E-state index contributed by atoms with van der Waals surface area (Å²) in [6.45, 7) is 1.35. The van der Waals surface area contributed by atoms with E-state index in [-0.39, 0.29) is 17.3 Å². The quantitative estimate of drug-likeness (QED) is 0.890. The van der Waals surface area contributed by atoms with Crippen molar-refractivity contribution in [3.63, 3.8) is 0 Å². The van der Waals surface area contributed by atoms with Gasteiger partial charge in [-0.05, 0) is 19.1 Å². The zero-order valence-corrected chi connectivity index (χ0v) is 12.0. The molecule has 5 nitrogen and oxygen atoms in total. The maximum atomic E-state index is 12.3. The highest BCUT2D eigenvalue weighted by molar-refractivity contribution is 7.89. The van der Waals surface area contributed by atoms with Crippen LogP contribution < -0.4 is 4.74 Å². The monoisotopic (exact) mass is 293 g/mol. The van der Waals surface area contributed by atoms with Crippen LogP contribution in [-0.2, 0) is 10.0 Å². The Hall–Kier alpha value is -0.820. The van der Waals surface area contributed by atoms with E-state index in [2.05, 4.69) is 0 Å². The molecule has 0 aliphatic rings. The predicted molar refractivity (Wildman–Crippen MR) is 69.5 cm³/mol. The first-order valence-electron chi connectivity index (χ1n) is 5.27. The first-order valence-corrected chi connectivity index (χ1v) is 7.08. The molecule has 1 atom stereocenters. The normalized spacial score (nSPS) is 13.7. The Bertz CT molecular complexity index is 518. The number of nitrogens with zero attached hydrogens (tertiary/aromatic N) is 1. The Morgan fingerprint density at radius 3 is 2.61 bits per heavy atom. The molecule has 1 aromatic rings. The molecular formula is C11H16ClNO4S. The molecule has 0 aliphatic heterocycles. The van der Waals surface area contributed by atoms with Crippen LogP contribution in [0.5, 0.6) is 5.75 Å². The minimum Gasteiger partial charge on any atom is -0.495 e. The Morgan fingerprint density at radius 1 is 1.50 bits per heavy atom. The number of hydrogen-bond donors (Lipinski definition) is 1. The molecule has 1 N–H and O–H groups in total. The Labute approximate surface area is 112 Å². The van der Waals surface area contributed by atoms with E-state index in [0.717, 1.165) is 4.31 Å². The smallest absolute Gasteiger partial charge is 0.246 e. The molecule has 0 heterocycles. The first-order chi connectivity index (χ1) is 8.34. The van der Waals surface area contributed by atoms with E-state index in [1.165, 1.54) is 32.4 Å². The van der Waals surface area contributed by atoms with Crippen LogP contribution in [0.1, 0.15) is 6.92 Å². The standard InChI is InChI=1S/C11H16ClNO4S/c1-8(7-14)13(2)18(15,16)11-5-4-9(12)6-10(11)17-3/h4-6,8,14H,7H2,1-3H3. The number of sulfonamides is 1. The van der Waals surface area contributed by atoms with Crippen LogP contribution in [0.3, 0.4) is 0 Å². The molecule has 0 fully saturated rings. The average molecular weight is 294 g/mol. The van der Waals surface area contributed by atoms with Crippen LogP contribution in [0, 0.1) is 0 Å². The summed E-state index contributed by atoms with van der Waals surface area (Å²) >= 11 is 5.79. The minimum atomic E-state index is -3.72. The van der Waals surface area contributed by atoms with Crippen LogP contribution in [0.4, 0.5) is 0 Å². The van der Waals surface area contributed by atoms with Crippen molar-refractivity contribution < 1.29 is 18.3 Å². The molecule has 1 rings (SSSR count). The van der Waals surface area contributed by atoms with Crippen molar-refractivity contribution in [3.8, 4) is 5.75 Å². The van der Waals surface area contributed by atoms with Crippen molar-refractivity contribution in [2.75, 3.05) is 20.8 Å². The van der Waals surface area contributed by atoms with E-state index in [4.69, 9.17) is 21.4 Å². The van der Waals surface area contributed by atoms with Gasteiger partial charge in [-0.15, -0.1) is 0 Å². The van der Waals surface area contributed by atoms with Crippen LogP contribution >= 0.6 is 11.6 Å². The summed E-state index contributed by atoms with van der Waals surface area (Å²) in [5.41, 5.74) is 0. The minimum absolute atomic E-state index is 0.0252. The molecule has 0 aliphatic carbocycles.